The Bertz CT molecular complexity index is 617. The van der Waals surface area contributed by atoms with Crippen LogP contribution in [0.25, 0.3) is 0 Å². The van der Waals surface area contributed by atoms with Crippen LogP contribution in [0.1, 0.15) is 22.7 Å². The molecule has 0 saturated carbocycles. The highest BCUT2D eigenvalue weighted by molar-refractivity contribution is 6.42. The first kappa shape index (κ1) is 15.3. The fourth-order valence-corrected chi connectivity index (χ4v) is 2.57. The number of hydrogen-bond acceptors (Lipinski definition) is 2. The SMILES string of the molecule is Cc1ccc(F)cc1C(Cc1cccc(Cl)c1Cl)NN. The quantitative estimate of drug-likeness (QED) is 0.656. The number of nitrogens with one attached hydrogen (secondary N) is 1. The van der Waals surface area contributed by atoms with Crippen molar-refractivity contribution in [1.82, 2.24) is 5.43 Å². The molecule has 0 fully saturated rings. The summed E-state index contributed by atoms with van der Waals surface area (Å²) in [7, 11) is 0. The van der Waals surface area contributed by atoms with E-state index in [-0.39, 0.29) is 11.9 Å². The predicted octanol–water partition coefficient (Wildman–Crippen LogP) is 4.19. The molecule has 20 heavy (non-hydrogen) atoms. The lowest BCUT2D eigenvalue weighted by Gasteiger charge is -2.19. The molecule has 2 nitrogen and oxygen atoms in total. The Morgan fingerprint density at radius 2 is 2.00 bits per heavy atom. The molecule has 0 saturated heterocycles. The maximum absolute atomic E-state index is 13.4. The van der Waals surface area contributed by atoms with Crippen LogP contribution in [-0.2, 0) is 6.42 Å². The maximum atomic E-state index is 13.4. The molecule has 2 aromatic rings. The van der Waals surface area contributed by atoms with Crippen LogP contribution in [0.4, 0.5) is 4.39 Å². The molecule has 0 heterocycles. The molecule has 2 rings (SSSR count). The molecule has 1 atom stereocenters. The minimum atomic E-state index is -0.289. The molecule has 0 aliphatic carbocycles. The zero-order chi connectivity index (χ0) is 14.7. The lowest BCUT2D eigenvalue weighted by molar-refractivity contribution is 0.542. The highest BCUT2D eigenvalue weighted by atomic mass is 35.5. The van der Waals surface area contributed by atoms with Gasteiger partial charge in [-0.15, -0.1) is 0 Å². The summed E-state index contributed by atoms with van der Waals surface area (Å²) < 4.78 is 13.4. The molecule has 0 aliphatic heterocycles. The van der Waals surface area contributed by atoms with Gasteiger partial charge in [0.1, 0.15) is 5.82 Å². The summed E-state index contributed by atoms with van der Waals surface area (Å²) in [5.74, 6) is 5.32. The summed E-state index contributed by atoms with van der Waals surface area (Å²) in [6.45, 7) is 1.92. The molecule has 0 radical (unpaired) electrons. The van der Waals surface area contributed by atoms with E-state index in [0.29, 0.717) is 16.5 Å². The third-order valence-corrected chi connectivity index (χ3v) is 4.13. The predicted molar refractivity (Wildman–Crippen MR) is 81.4 cm³/mol. The van der Waals surface area contributed by atoms with Crippen LogP contribution in [0, 0.1) is 12.7 Å². The Labute approximate surface area is 127 Å². The molecule has 0 aliphatic rings. The zero-order valence-corrected chi connectivity index (χ0v) is 12.5. The molecule has 5 heteroatoms. The smallest absolute Gasteiger partial charge is 0.123 e. The second-order valence-corrected chi connectivity index (χ2v) is 5.42. The summed E-state index contributed by atoms with van der Waals surface area (Å²) in [4.78, 5) is 0. The van der Waals surface area contributed by atoms with Crippen molar-refractivity contribution in [3.63, 3.8) is 0 Å². The number of benzene rings is 2. The van der Waals surface area contributed by atoms with E-state index in [4.69, 9.17) is 29.0 Å². The topological polar surface area (TPSA) is 38.0 Å². The van der Waals surface area contributed by atoms with E-state index in [1.165, 1.54) is 12.1 Å². The number of nitrogens with two attached hydrogens (primary N) is 1. The first-order chi connectivity index (χ1) is 9.52. The van der Waals surface area contributed by atoms with Gasteiger partial charge in [-0.05, 0) is 48.2 Å². The minimum absolute atomic E-state index is 0.235. The van der Waals surface area contributed by atoms with Crippen LogP contribution in [0.3, 0.4) is 0 Å². The molecule has 3 N–H and O–H groups in total. The molecule has 0 aromatic heterocycles. The zero-order valence-electron chi connectivity index (χ0n) is 11.0. The van der Waals surface area contributed by atoms with Gasteiger partial charge in [-0.3, -0.25) is 11.3 Å². The van der Waals surface area contributed by atoms with Gasteiger partial charge < -0.3 is 0 Å². The van der Waals surface area contributed by atoms with Crippen LogP contribution in [0.2, 0.25) is 10.0 Å². The average Bonchev–Trinajstić information content (AvgIpc) is 2.43. The van der Waals surface area contributed by atoms with Crippen LogP contribution in [0.5, 0.6) is 0 Å². The molecule has 0 spiro atoms. The minimum Gasteiger partial charge on any atom is -0.271 e. The normalized spacial score (nSPS) is 12.4. The number of hydrazine groups is 1. The van der Waals surface area contributed by atoms with Crippen LogP contribution < -0.4 is 11.3 Å². The van der Waals surface area contributed by atoms with E-state index in [0.717, 1.165) is 16.7 Å². The Balaban J connectivity index is 2.34. The van der Waals surface area contributed by atoms with Gasteiger partial charge in [0, 0.05) is 0 Å². The van der Waals surface area contributed by atoms with Crippen LogP contribution in [-0.4, -0.2) is 0 Å². The van der Waals surface area contributed by atoms with Crippen molar-refractivity contribution in [3.8, 4) is 0 Å². The van der Waals surface area contributed by atoms with E-state index < -0.39 is 0 Å². The van der Waals surface area contributed by atoms with Gasteiger partial charge in [-0.1, -0.05) is 41.4 Å². The van der Waals surface area contributed by atoms with E-state index in [2.05, 4.69) is 5.43 Å². The first-order valence-electron chi connectivity index (χ1n) is 6.18. The summed E-state index contributed by atoms with van der Waals surface area (Å²) >= 11 is 12.2. The number of aryl methyl sites for hydroxylation is 1. The largest absolute Gasteiger partial charge is 0.271 e. The van der Waals surface area contributed by atoms with Crippen molar-refractivity contribution in [2.75, 3.05) is 0 Å². The number of rotatable bonds is 4. The van der Waals surface area contributed by atoms with Crippen molar-refractivity contribution in [2.24, 2.45) is 5.84 Å². The van der Waals surface area contributed by atoms with Crippen molar-refractivity contribution in [3.05, 3.63) is 69.0 Å². The van der Waals surface area contributed by atoms with Gasteiger partial charge in [0.15, 0.2) is 0 Å². The van der Waals surface area contributed by atoms with Gasteiger partial charge in [0.25, 0.3) is 0 Å². The van der Waals surface area contributed by atoms with Gasteiger partial charge in [-0.25, -0.2) is 4.39 Å². The lowest BCUT2D eigenvalue weighted by Crippen LogP contribution is -2.30. The summed E-state index contributed by atoms with van der Waals surface area (Å²) in [5.41, 5.74) is 5.35. The van der Waals surface area contributed by atoms with E-state index in [9.17, 15) is 4.39 Å². The molecule has 0 bridgehead atoms. The molecular formula is C15H15Cl2FN2. The Hall–Kier alpha value is -1.13. The Kier molecular flexibility index (Phi) is 5.00. The third kappa shape index (κ3) is 3.30. The third-order valence-electron chi connectivity index (χ3n) is 3.27. The van der Waals surface area contributed by atoms with E-state index in [1.807, 2.05) is 19.1 Å². The number of halogens is 3. The number of hydrogen-bond donors (Lipinski definition) is 2. The highest BCUT2D eigenvalue weighted by Gasteiger charge is 2.16. The van der Waals surface area contributed by atoms with Gasteiger partial charge >= 0.3 is 0 Å². The van der Waals surface area contributed by atoms with Gasteiger partial charge in [0.2, 0.25) is 0 Å². The summed E-state index contributed by atoms with van der Waals surface area (Å²) in [6, 6.07) is 9.85. The molecule has 2 aromatic carbocycles. The maximum Gasteiger partial charge on any atom is 0.123 e. The fraction of sp³-hybridized carbons (Fsp3) is 0.200. The summed E-state index contributed by atoms with van der Waals surface area (Å²) in [6.07, 6.45) is 0.528. The highest BCUT2D eigenvalue weighted by Crippen LogP contribution is 2.30. The lowest BCUT2D eigenvalue weighted by atomic mass is 9.95. The first-order valence-corrected chi connectivity index (χ1v) is 6.93. The van der Waals surface area contributed by atoms with Crippen molar-refractivity contribution in [1.29, 1.82) is 0 Å². The van der Waals surface area contributed by atoms with Gasteiger partial charge in [0.05, 0.1) is 16.1 Å². The van der Waals surface area contributed by atoms with Crippen molar-refractivity contribution >= 4 is 23.2 Å². The van der Waals surface area contributed by atoms with E-state index in [1.54, 1.807) is 12.1 Å². The Morgan fingerprint density at radius 3 is 2.70 bits per heavy atom. The molecule has 1 unspecified atom stereocenters. The van der Waals surface area contributed by atoms with Gasteiger partial charge in [-0.2, -0.15) is 0 Å². The standard InChI is InChI=1S/C15H15Cl2FN2/c1-9-5-6-11(18)8-12(9)14(20-19)7-10-3-2-4-13(16)15(10)17/h2-6,8,14,20H,7,19H2,1H3. The van der Waals surface area contributed by atoms with Crippen LogP contribution in [0.15, 0.2) is 36.4 Å². The average molecular weight is 313 g/mol. The fourth-order valence-electron chi connectivity index (χ4n) is 2.17. The summed E-state index contributed by atoms with van der Waals surface area (Å²) in [5, 5.41) is 0.999. The Morgan fingerprint density at radius 1 is 1.25 bits per heavy atom. The monoisotopic (exact) mass is 312 g/mol. The molecular weight excluding hydrogens is 298 g/mol. The second-order valence-electron chi connectivity index (χ2n) is 4.64. The molecule has 0 amide bonds. The van der Waals surface area contributed by atoms with Crippen molar-refractivity contribution < 1.29 is 4.39 Å². The second kappa shape index (κ2) is 6.55. The molecule has 106 valence electrons. The van der Waals surface area contributed by atoms with E-state index >= 15 is 0 Å². The van der Waals surface area contributed by atoms with Crippen molar-refractivity contribution in [2.45, 2.75) is 19.4 Å². The van der Waals surface area contributed by atoms with Crippen LogP contribution >= 0.6 is 23.2 Å².